The van der Waals surface area contributed by atoms with Gasteiger partial charge >= 0.3 is 0 Å². The van der Waals surface area contributed by atoms with Gasteiger partial charge in [-0.1, -0.05) is 12.1 Å². The van der Waals surface area contributed by atoms with Gasteiger partial charge in [-0.3, -0.25) is 9.36 Å². The van der Waals surface area contributed by atoms with Crippen LogP contribution < -0.4 is 5.56 Å². The number of aromatic nitrogens is 4. The van der Waals surface area contributed by atoms with Crippen LogP contribution in [-0.2, 0) is 6.54 Å². The fraction of sp³-hybridized carbons (Fsp3) is 0.0588. The van der Waals surface area contributed by atoms with Crippen LogP contribution in [0.15, 0.2) is 60.1 Å². The van der Waals surface area contributed by atoms with Gasteiger partial charge in [0.05, 0.1) is 15.0 Å². The minimum atomic E-state index is -0.287. The van der Waals surface area contributed by atoms with E-state index >= 15 is 0 Å². The maximum Gasteiger partial charge on any atom is 0.297 e. The van der Waals surface area contributed by atoms with Crippen LogP contribution in [0.4, 0.5) is 0 Å². The van der Waals surface area contributed by atoms with Gasteiger partial charge in [-0.05, 0) is 40.2 Å². The van der Waals surface area contributed by atoms with Crippen molar-refractivity contribution in [2.24, 2.45) is 0 Å². The van der Waals surface area contributed by atoms with Crippen molar-refractivity contribution >= 4 is 49.3 Å². The number of benzene rings is 1. The normalized spacial score (nSPS) is 11.6. The second kappa shape index (κ2) is 5.89. The molecule has 0 unspecified atom stereocenters. The molecule has 128 valence electrons. The van der Waals surface area contributed by atoms with Crippen LogP contribution in [-0.4, -0.2) is 19.7 Å². The Morgan fingerprint density at radius 1 is 1.12 bits per heavy atom. The minimum Gasteiger partial charge on any atom is -0.448 e. The Hall–Kier alpha value is -2.78. The van der Waals surface area contributed by atoms with Crippen LogP contribution in [0.5, 0.6) is 0 Å². The molecule has 0 aliphatic rings. The summed E-state index contributed by atoms with van der Waals surface area (Å²) in [6.07, 6.45) is 1.47. The van der Waals surface area contributed by atoms with E-state index in [-0.39, 0.29) is 17.7 Å². The molecule has 0 atom stereocenters. The van der Waals surface area contributed by atoms with E-state index in [1.807, 2.05) is 36.4 Å². The number of furan rings is 1. The molecule has 5 aromatic rings. The summed E-state index contributed by atoms with van der Waals surface area (Å²) < 4.78 is 13.7. The van der Waals surface area contributed by atoms with Crippen molar-refractivity contribution in [3.8, 4) is 10.8 Å². The largest absolute Gasteiger partial charge is 0.448 e. The van der Waals surface area contributed by atoms with E-state index in [1.165, 1.54) is 22.2 Å². The summed E-state index contributed by atoms with van der Waals surface area (Å²) >= 11 is 4.89. The topological polar surface area (TPSA) is 87.0 Å². The maximum absolute atomic E-state index is 12.7. The van der Waals surface area contributed by atoms with Gasteiger partial charge in [-0.2, -0.15) is 0 Å². The number of fused-ring (bicyclic) bond motifs is 3. The SMILES string of the molecule is O=c1c2oc3ccccc3c2ncn1Cc1nnc(-c2ccc(Br)s2)o1. The van der Waals surface area contributed by atoms with E-state index in [2.05, 4.69) is 31.1 Å². The lowest BCUT2D eigenvalue weighted by Crippen LogP contribution is -2.20. The first kappa shape index (κ1) is 15.5. The summed E-state index contributed by atoms with van der Waals surface area (Å²) in [6.45, 7) is 0.123. The number of para-hydroxylation sites is 1. The summed E-state index contributed by atoms with van der Waals surface area (Å²) in [5.74, 6) is 0.741. The lowest BCUT2D eigenvalue weighted by Gasteiger charge is -2.00. The Labute approximate surface area is 158 Å². The zero-order valence-electron chi connectivity index (χ0n) is 13.0. The lowest BCUT2D eigenvalue weighted by molar-refractivity contribution is 0.483. The molecular formula is C17H9BrN4O3S. The van der Waals surface area contributed by atoms with E-state index in [4.69, 9.17) is 8.83 Å². The van der Waals surface area contributed by atoms with Gasteiger partial charge in [0.2, 0.25) is 11.5 Å². The number of nitrogens with zero attached hydrogens (tertiary/aromatic N) is 4. The number of halogens is 1. The molecule has 4 aromatic heterocycles. The summed E-state index contributed by atoms with van der Waals surface area (Å²) in [5.41, 5.74) is 1.12. The molecular weight excluding hydrogens is 420 g/mol. The predicted octanol–water partition coefficient (Wildman–Crippen LogP) is 4.07. The molecule has 4 heterocycles. The Balaban J connectivity index is 1.54. The Kier molecular flexibility index (Phi) is 3.50. The molecule has 0 amide bonds. The smallest absolute Gasteiger partial charge is 0.297 e. The van der Waals surface area contributed by atoms with Gasteiger partial charge in [0.15, 0.2) is 0 Å². The maximum atomic E-state index is 12.7. The lowest BCUT2D eigenvalue weighted by atomic mass is 10.2. The highest BCUT2D eigenvalue weighted by molar-refractivity contribution is 9.11. The summed E-state index contributed by atoms with van der Waals surface area (Å²) in [5, 5.41) is 8.87. The number of hydrogen-bond donors (Lipinski definition) is 0. The van der Waals surface area contributed by atoms with E-state index in [0.29, 0.717) is 22.9 Å². The number of hydrogen-bond acceptors (Lipinski definition) is 7. The molecule has 0 N–H and O–H groups in total. The molecule has 1 aromatic carbocycles. The number of thiophene rings is 1. The van der Waals surface area contributed by atoms with Gasteiger partial charge in [0.25, 0.3) is 11.4 Å². The molecule has 0 saturated heterocycles. The zero-order valence-corrected chi connectivity index (χ0v) is 15.5. The zero-order chi connectivity index (χ0) is 17.7. The summed E-state index contributed by atoms with van der Waals surface area (Å²) in [4.78, 5) is 17.9. The molecule has 0 aliphatic heterocycles. The van der Waals surface area contributed by atoms with E-state index in [1.54, 1.807) is 0 Å². The Morgan fingerprint density at radius 3 is 2.85 bits per heavy atom. The van der Waals surface area contributed by atoms with Crippen molar-refractivity contribution in [2.75, 3.05) is 0 Å². The first-order valence-corrected chi connectivity index (χ1v) is 9.25. The molecule has 0 saturated carbocycles. The molecule has 0 radical (unpaired) electrons. The molecule has 7 nitrogen and oxygen atoms in total. The fourth-order valence-corrected chi connectivity index (χ4v) is 4.03. The molecule has 9 heteroatoms. The van der Waals surface area contributed by atoms with Crippen molar-refractivity contribution in [3.05, 3.63) is 62.8 Å². The van der Waals surface area contributed by atoms with Crippen molar-refractivity contribution < 1.29 is 8.83 Å². The van der Waals surface area contributed by atoms with Gasteiger partial charge in [0.1, 0.15) is 17.6 Å². The van der Waals surface area contributed by atoms with Crippen LogP contribution in [0.1, 0.15) is 5.89 Å². The minimum absolute atomic E-state index is 0.123. The monoisotopic (exact) mass is 428 g/mol. The van der Waals surface area contributed by atoms with Gasteiger partial charge < -0.3 is 8.83 Å². The predicted molar refractivity (Wildman–Crippen MR) is 100 cm³/mol. The van der Waals surface area contributed by atoms with E-state index < -0.39 is 0 Å². The average molecular weight is 429 g/mol. The van der Waals surface area contributed by atoms with Crippen LogP contribution in [0.2, 0.25) is 0 Å². The van der Waals surface area contributed by atoms with Gasteiger partial charge in [0, 0.05) is 5.39 Å². The van der Waals surface area contributed by atoms with Crippen molar-refractivity contribution in [1.29, 1.82) is 0 Å². The van der Waals surface area contributed by atoms with Crippen molar-refractivity contribution in [1.82, 2.24) is 19.7 Å². The van der Waals surface area contributed by atoms with Crippen LogP contribution in [0, 0.1) is 0 Å². The first-order valence-electron chi connectivity index (χ1n) is 7.64. The first-order chi connectivity index (χ1) is 12.7. The van der Waals surface area contributed by atoms with Gasteiger partial charge in [-0.15, -0.1) is 21.5 Å². The molecule has 0 bridgehead atoms. The highest BCUT2D eigenvalue weighted by atomic mass is 79.9. The molecule has 0 aliphatic carbocycles. The standard InChI is InChI=1S/C17H9BrN4O3S/c18-12-6-5-11(26-12)16-21-20-13(25-16)7-22-8-19-14-9-3-1-2-4-10(9)24-15(14)17(22)23/h1-6,8H,7H2. The third-order valence-corrected chi connectivity index (χ3v) is 5.52. The molecule has 0 spiro atoms. The Morgan fingerprint density at radius 2 is 2.00 bits per heavy atom. The summed E-state index contributed by atoms with van der Waals surface area (Å²) in [7, 11) is 0. The molecule has 5 rings (SSSR count). The number of rotatable bonds is 3. The van der Waals surface area contributed by atoms with Crippen molar-refractivity contribution in [2.45, 2.75) is 6.54 Å². The second-order valence-corrected chi connectivity index (χ2v) is 8.02. The van der Waals surface area contributed by atoms with E-state index in [9.17, 15) is 4.79 Å². The summed E-state index contributed by atoms with van der Waals surface area (Å²) in [6, 6.07) is 11.2. The second-order valence-electron chi connectivity index (χ2n) is 5.56. The highest BCUT2D eigenvalue weighted by Gasteiger charge is 2.16. The van der Waals surface area contributed by atoms with Crippen LogP contribution in [0.25, 0.3) is 32.8 Å². The third-order valence-electron chi connectivity index (χ3n) is 3.91. The van der Waals surface area contributed by atoms with Crippen LogP contribution >= 0.6 is 27.3 Å². The molecule has 26 heavy (non-hydrogen) atoms. The fourth-order valence-electron chi connectivity index (χ4n) is 2.72. The highest BCUT2D eigenvalue weighted by Crippen LogP contribution is 2.30. The third kappa shape index (κ3) is 2.47. The molecule has 0 fully saturated rings. The quantitative estimate of drug-likeness (QED) is 0.430. The van der Waals surface area contributed by atoms with Gasteiger partial charge in [-0.25, -0.2) is 4.98 Å². The Bertz CT molecular complexity index is 1320. The van der Waals surface area contributed by atoms with E-state index in [0.717, 1.165) is 14.0 Å². The van der Waals surface area contributed by atoms with Crippen molar-refractivity contribution in [3.63, 3.8) is 0 Å². The van der Waals surface area contributed by atoms with Crippen LogP contribution in [0.3, 0.4) is 0 Å². The average Bonchev–Trinajstić information content (AvgIpc) is 3.35.